The lowest BCUT2D eigenvalue weighted by Crippen LogP contribution is -2.34. The average molecular weight is 683 g/mol. The summed E-state index contributed by atoms with van der Waals surface area (Å²) in [6, 6.07) is 17.1. The Morgan fingerprint density at radius 1 is 0.915 bits per heavy atom. The van der Waals surface area contributed by atoms with Crippen molar-refractivity contribution in [1.29, 1.82) is 0 Å². The molecule has 0 amide bonds. The number of nitrogens with zero attached hydrogens (tertiary/aromatic N) is 2. The Kier molecular flexibility index (Phi) is 15.8. The van der Waals surface area contributed by atoms with Gasteiger partial charge in [-0.15, -0.1) is 0 Å². The molecule has 0 aliphatic heterocycles. The molecule has 0 fully saturated rings. The van der Waals surface area contributed by atoms with E-state index in [-0.39, 0.29) is 23.8 Å². The van der Waals surface area contributed by atoms with Crippen molar-refractivity contribution in [3.63, 3.8) is 0 Å². The number of hydrogen-bond acceptors (Lipinski definition) is 4. The van der Waals surface area contributed by atoms with E-state index in [4.69, 9.17) is 27.9 Å². The van der Waals surface area contributed by atoms with Crippen molar-refractivity contribution in [1.82, 2.24) is 9.97 Å². The lowest BCUT2D eigenvalue weighted by Gasteiger charge is -2.35. The smallest absolute Gasteiger partial charge is 0.163 e. The minimum Gasteiger partial charge on any atom is -0.384 e. The van der Waals surface area contributed by atoms with Crippen LogP contribution >= 0.6 is 23.2 Å². The number of aromatic nitrogens is 2. The van der Waals surface area contributed by atoms with Crippen molar-refractivity contribution in [2.45, 2.75) is 90.0 Å². The van der Waals surface area contributed by atoms with E-state index in [9.17, 15) is 18.3 Å². The van der Waals surface area contributed by atoms with Gasteiger partial charge in [-0.25, -0.2) is 23.1 Å². The van der Waals surface area contributed by atoms with E-state index >= 15 is 0 Å². The molecule has 248 valence electrons. The first-order valence-electron chi connectivity index (χ1n) is 15.8. The maximum absolute atomic E-state index is 14.3. The predicted molar refractivity (Wildman–Crippen MR) is 187 cm³/mol. The van der Waals surface area contributed by atoms with Crippen molar-refractivity contribution in [2.75, 3.05) is 0 Å². The van der Waals surface area contributed by atoms with Crippen molar-refractivity contribution < 1.29 is 23.0 Å². The van der Waals surface area contributed by atoms with Crippen LogP contribution in [0.25, 0.3) is 0 Å². The zero-order valence-electron chi connectivity index (χ0n) is 27.3. The molecule has 0 aliphatic carbocycles. The zero-order valence-corrected chi connectivity index (χ0v) is 28.8. The van der Waals surface area contributed by atoms with E-state index in [2.05, 4.69) is 55.3 Å². The highest BCUT2D eigenvalue weighted by Gasteiger charge is 2.40. The largest absolute Gasteiger partial charge is 0.384 e. The van der Waals surface area contributed by atoms with Crippen molar-refractivity contribution in [3.05, 3.63) is 129 Å². The molecule has 3 atom stereocenters. The molecule has 0 saturated carbocycles. The van der Waals surface area contributed by atoms with Gasteiger partial charge in [0.2, 0.25) is 0 Å². The number of aliphatic hydroxyl groups is 1. The Balaban J connectivity index is 0.000000256. The van der Waals surface area contributed by atoms with E-state index in [0.29, 0.717) is 29.4 Å². The summed E-state index contributed by atoms with van der Waals surface area (Å²) in [7, 11) is 4.11. The summed E-state index contributed by atoms with van der Waals surface area (Å²) in [5.41, 5.74) is 1.66. The molecule has 3 aromatic carbocycles. The average Bonchev–Trinajstić information content (AvgIpc) is 3.04. The van der Waals surface area contributed by atoms with Gasteiger partial charge in [-0.3, -0.25) is 0 Å². The topological polar surface area (TPSA) is 55.2 Å². The summed E-state index contributed by atoms with van der Waals surface area (Å²) < 4.78 is 47.7. The first-order valence-corrected chi connectivity index (χ1v) is 16.6. The minimum absolute atomic E-state index is 0.00305. The molecule has 0 saturated heterocycles. The molecule has 1 unspecified atom stereocenters. The van der Waals surface area contributed by atoms with Gasteiger partial charge >= 0.3 is 0 Å². The van der Waals surface area contributed by atoms with E-state index in [0.717, 1.165) is 43.1 Å². The van der Waals surface area contributed by atoms with E-state index in [1.54, 1.807) is 13.0 Å². The fourth-order valence-electron chi connectivity index (χ4n) is 5.35. The SMILES string of the molecule is C[B]CCCC(OCc1ccc(C)cc1)c1ccc(Cl)cc1Cl.C[B]CCC[C@](O)(c1ccc(F)cc1F)[C@@H](C)c1ncncc1F. The molecule has 1 N–H and O–H groups in total. The normalized spacial score (nSPS) is 13.6. The molecule has 4 rings (SSSR count). The van der Waals surface area contributed by atoms with Crippen molar-refractivity contribution in [2.24, 2.45) is 0 Å². The van der Waals surface area contributed by atoms with Crippen LogP contribution in [0.2, 0.25) is 36.3 Å². The third-order valence-electron chi connectivity index (χ3n) is 8.11. The molecule has 0 bridgehead atoms. The predicted octanol–water partition coefficient (Wildman–Crippen LogP) is 10.3. The van der Waals surface area contributed by atoms with E-state index < -0.39 is 29.0 Å². The van der Waals surface area contributed by atoms with Gasteiger partial charge in [-0.2, -0.15) is 0 Å². The molecule has 1 aromatic heterocycles. The van der Waals surface area contributed by atoms with Gasteiger partial charge in [-0.1, -0.05) is 111 Å². The zero-order chi connectivity index (χ0) is 34.4. The van der Waals surface area contributed by atoms with Crippen LogP contribution in [0.4, 0.5) is 13.2 Å². The van der Waals surface area contributed by atoms with Crippen LogP contribution in [0, 0.1) is 24.4 Å². The van der Waals surface area contributed by atoms with Gasteiger partial charge < -0.3 is 9.84 Å². The molecule has 4 aromatic rings. The highest BCUT2D eigenvalue weighted by molar-refractivity contribution is 6.35. The van der Waals surface area contributed by atoms with Crippen LogP contribution in [0.3, 0.4) is 0 Å². The quantitative estimate of drug-likeness (QED) is 0.100. The van der Waals surface area contributed by atoms with Gasteiger partial charge in [-0.05, 0) is 49.1 Å². The number of ether oxygens (including phenoxy) is 1. The Morgan fingerprint density at radius 3 is 2.26 bits per heavy atom. The number of benzene rings is 3. The molecule has 4 nitrogen and oxygen atoms in total. The summed E-state index contributed by atoms with van der Waals surface area (Å²) in [5.74, 6) is -3.11. The molecule has 11 heteroatoms. The lowest BCUT2D eigenvalue weighted by molar-refractivity contribution is -0.00258. The number of aryl methyl sites for hydroxylation is 1. The number of rotatable bonds is 15. The highest BCUT2D eigenvalue weighted by atomic mass is 35.5. The Morgan fingerprint density at radius 2 is 1.62 bits per heavy atom. The second kappa shape index (κ2) is 19.2. The fraction of sp³-hybridized carbons (Fsp3) is 0.389. The van der Waals surface area contributed by atoms with Gasteiger partial charge in [0.15, 0.2) is 5.82 Å². The summed E-state index contributed by atoms with van der Waals surface area (Å²) in [5, 5.41) is 12.5. The van der Waals surface area contributed by atoms with E-state index in [1.807, 2.05) is 26.2 Å². The van der Waals surface area contributed by atoms with Crippen LogP contribution in [-0.4, -0.2) is 29.6 Å². The Hall–Kier alpha value is -2.84. The van der Waals surface area contributed by atoms with Gasteiger partial charge in [0.25, 0.3) is 0 Å². The Bertz CT molecular complexity index is 1550. The summed E-state index contributed by atoms with van der Waals surface area (Å²) in [6.07, 6.45) is 6.73. The van der Waals surface area contributed by atoms with Crippen molar-refractivity contribution in [3.8, 4) is 0 Å². The van der Waals surface area contributed by atoms with Crippen LogP contribution < -0.4 is 0 Å². The molecule has 0 aliphatic rings. The summed E-state index contributed by atoms with van der Waals surface area (Å²) >= 11 is 12.4. The molecule has 1 heterocycles. The van der Waals surface area contributed by atoms with Crippen LogP contribution in [0.5, 0.6) is 0 Å². The first kappa shape index (κ1) is 38.6. The molecule has 2 radical (unpaired) electrons. The second-order valence-electron chi connectivity index (χ2n) is 11.6. The van der Waals surface area contributed by atoms with Gasteiger partial charge in [0, 0.05) is 27.6 Å². The summed E-state index contributed by atoms with van der Waals surface area (Å²) in [6.45, 7) is 8.20. The Labute approximate surface area is 288 Å². The second-order valence-corrected chi connectivity index (χ2v) is 12.5. The fourth-order valence-corrected chi connectivity index (χ4v) is 5.88. The standard InChI is InChI=1S/C19H22BCl2O.C17H19BF3N2O/c1-14-5-7-15(8-6-14)13-23-19(4-3-11-20-2)17-10-9-16(21)12-18(17)22;1-11(16-15(21)9-22-10-23-16)17(24,6-3-7-18-2)13-5-4-12(19)8-14(13)20/h5-10,12,19H,3-4,11,13H2,1-2H3;4-5,8-11,24H,3,6-7H2,1-2H3/t;11-,17+/m.0/s1. The van der Waals surface area contributed by atoms with Crippen molar-refractivity contribution >= 4 is 37.8 Å². The van der Waals surface area contributed by atoms with Crippen LogP contribution in [0.15, 0.2) is 73.2 Å². The summed E-state index contributed by atoms with van der Waals surface area (Å²) in [4.78, 5) is 7.49. The monoisotopic (exact) mass is 682 g/mol. The van der Waals surface area contributed by atoms with Gasteiger partial charge in [0.05, 0.1) is 24.6 Å². The minimum atomic E-state index is -1.71. The molecular weight excluding hydrogens is 642 g/mol. The molecule has 0 spiro atoms. The third-order valence-corrected chi connectivity index (χ3v) is 8.67. The lowest BCUT2D eigenvalue weighted by atomic mass is 9.71. The first-order chi connectivity index (χ1) is 22.5. The highest BCUT2D eigenvalue weighted by Crippen LogP contribution is 2.42. The number of hydrogen-bond donors (Lipinski definition) is 1. The number of halogens is 5. The molecular formula is C36H41B2Cl2F3N2O2. The van der Waals surface area contributed by atoms with Gasteiger partial charge in [0.1, 0.15) is 38.1 Å². The van der Waals surface area contributed by atoms with E-state index in [1.165, 1.54) is 23.5 Å². The molecule has 47 heavy (non-hydrogen) atoms. The third kappa shape index (κ3) is 11.4. The van der Waals surface area contributed by atoms with Crippen LogP contribution in [0.1, 0.15) is 72.6 Å². The maximum atomic E-state index is 14.3. The van der Waals surface area contributed by atoms with Crippen LogP contribution in [-0.2, 0) is 16.9 Å². The maximum Gasteiger partial charge on any atom is 0.163 e.